The molecule has 5 aromatic rings. The molecular formula is C48H49F3N6O12S. The number of benzene rings is 3. The number of rotatable bonds is 24. The number of allylic oxidation sites excluding steroid dienone is 1. The Balaban J connectivity index is 0.692. The number of ether oxygens (including phenoxy) is 6. The Hall–Kier alpha value is -6.69. The number of pyridine rings is 1. The molecule has 0 saturated carbocycles. The Bertz CT molecular complexity index is 2880. The Labute approximate surface area is 400 Å². The van der Waals surface area contributed by atoms with Crippen molar-refractivity contribution in [1.29, 1.82) is 0 Å². The Morgan fingerprint density at radius 2 is 1.50 bits per heavy atom. The summed E-state index contributed by atoms with van der Waals surface area (Å²) in [6, 6.07) is 14.2. The highest BCUT2D eigenvalue weighted by Crippen LogP contribution is 2.35. The highest BCUT2D eigenvalue weighted by atomic mass is 32.2. The quantitative estimate of drug-likeness (QED) is 0.0404. The van der Waals surface area contributed by atoms with E-state index in [2.05, 4.69) is 21.9 Å². The number of nitrogens with zero attached hydrogens (tertiary/aromatic N) is 3. The first-order valence-electron chi connectivity index (χ1n) is 22.4. The van der Waals surface area contributed by atoms with Crippen LogP contribution >= 0.6 is 0 Å². The Morgan fingerprint density at radius 3 is 2.16 bits per heavy atom. The summed E-state index contributed by atoms with van der Waals surface area (Å²) in [6.45, 7) is 6.13. The number of alkyl halides is 1. The van der Waals surface area contributed by atoms with Crippen molar-refractivity contribution in [3.05, 3.63) is 119 Å². The van der Waals surface area contributed by atoms with Crippen molar-refractivity contribution in [1.82, 2.24) is 24.5 Å². The van der Waals surface area contributed by atoms with Crippen molar-refractivity contribution >= 4 is 50.4 Å². The lowest BCUT2D eigenvalue weighted by atomic mass is 10.00. The van der Waals surface area contributed by atoms with E-state index >= 15 is 8.78 Å². The molecule has 2 saturated heterocycles. The zero-order valence-electron chi connectivity index (χ0n) is 37.7. The van der Waals surface area contributed by atoms with Gasteiger partial charge in [-0.2, -0.15) is 12.7 Å². The van der Waals surface area contributed by atoms with Crippen LogP contribution in [0.5, 0.6) is 11.5 Å². The molecule has 0 radical (unpaired) electrons. The van der Waals surface area contributed by atoms with Gasteiger partial charge < -0.3 is 38.7 Å². The van der Waals surface area contributed by atoms with Gasteiger partial charge in [-0.05, 0) is 67.3 Å². The Morgan fingerprint density at radius 1 is 0.829 bits per heavy atom. The van der Waals surface area contributed by atoms with Crippen LogP contribution in [0.4, 0.5) is 18.9 Å². The van der Waals surface area contributed by atoms with Gasteiger partial charge in [-0.15, -0.1) is 0 Å². The van der Waals surface area contributed by atoms with Gasteiger partial charge in [0, 0.05) is 47.7 Å². The first-order valence-corrected chi connectivity index (χ1v) is 23.8. The van der Waals surface area contributed by atoms with Crippen molar-refractivity contribution < 1.29 is 69.2 Å². The largest absolute Gasteiger partial charge is 0.491 e. The normalized spacial score (nSPS) is 17.3. The van der Waals surface area contributed by atoms with Crippen LogP contribution in [0, 0.1) is 11.6 Å². The van der Waals surface area contributed by atoms with Crippen molar-refractivity contribution in [3.63, 3.8) is 0 Å². The number of fused-ring (bicyclic) bond motifs is 2. The van der Waals surface area contributed by atoms with E-state index in [-0.39, 0.29) is 66.3 Å². The summed E-state index contributed by atoms with van der Waals surface area (Å²) in [6.07, 6.45) is 2.24. The van der Waals surface area contributed by atoms with E-state index in [0.717, 1.165) is 21.3 Å². The summed E-state index contributed by atoms with van der Waals surface area (Å²) in [7, 11) is -4.37. The number of nitrogens with one attached hydrogen (secondary N) is 3. The minimum absolute atomic E-state index is 0.0109. The van der Waals surface area contributed by atoms with Crippen LogP contribution in [0.3, 0.4) is 0 Å². The van der Waals surface area contributed by atoms with Gasteiger partial charge in [-0.3, -0.25) is 28.8 Å². The molecule has 22 heteroatoms. The molecule has 70 heavy (non-hydrogen) atoms. The summed E-state index contributed by atoms with van der Waals surface area (Å²) in [5, 5.41) is 2.89. The van der Waals surface area contributed by atoms with Crippen LogP contribution in [0.25, 0.3) is 22.2 Å². The van der Waals surface area contributed by atoms with E-state index in [4.69, 9.17) is 28.4 Å². The topological polar surface area (TPSA) is 217 Å². The maximum absolute atomic E-state index is 15.7. The van der Waals surface area contributed by atoms with Crippen molar-refractivity contribution in [2.75, 3.05) is 83.9 Å². The molecule has 2 aromatic heterocycles. The van der Waals surface area contributed by atoms with Gasteiger partial charge >= 0.3 is 10.2 Å². The summed E-state index contributed by atoms with van der Waals surface area (Å²) >= 11 is 0. The number of imide groups is 1. The molecular weight excluding hydrogens is 942 g/mol. The zero-order valence-corrected chi connectivity index (χ0v) is 38.5. The summed E-state index contributed by atoms with van der Waals surface area (Å²) in [4.78, 5) is 60.6. The minimum Gasteiger partial charge on any atom is -0.491 e. The second-order valence-electron chi connectivity index (χ2n) is 16.3. The number of carbonyl (C=O) groups is 4. The second-order valence-corrected chi connectivity index (χ2v) is 17.9. The van der Waals surface area contributed by atoms with Gasteiger partial charge in [0.25, 0.3) is 11.8 Å². The van der Waals surface area contributed by atoms with E-state index in [1.165, 1.54) is 12.3 Å². The molecule has 1 unspecified atom stereocenters. The molecule has 370 valence electrons. The Kier molecular flexibility index (Phi) is 15.9. The third-order valence-corrected chi connectivity index (χ3v) is 13.1. The van der Waals surface area contributed by atoms with Crippen LogP contribution in [-0.4, -0.2) is 142 Å². The molecule has 5 heterocycles. The minimum atomic E-state index is -4.37. The van der Waals surface area contributed by atoms with E-state index in [9.17, 15) is 32.0 Å². The molecule has 2 fully saturated rings. The molecule has 0 spiro atoms. The fourth-order valence-corrected chi connectivity index (χ4v) is 9.32. The van der Waals surface area contributed by atoms with Gasteiger partial charge in [0.15, 0.2) is 5.82 Å². The zero-order chi connectivity index (χ0) is 49.4. The molecule has 3 aliphatic rings. The highest BCUT2D eigenvalue weighted by Gasteiger charge is 2.45. The fraction of sp³-hybridized carbons (Fsp3) is 0.354. The number of hydrogen-bond acceptors (Lipinski definition) is 13. The standard InChI is InChI=1S/C48H49F3N6O12S/c1-29-5-12-39(46(59)54-29)57-47(60)34-3-2-4-40(41(34)48(57)61)69-24-22-67-20-18-65-16-15-64-17-19-66-21-23-68-33-8-6-30(7-9-33)31-25-35-36(27-53-45(35)52-26-31)44(58)42-37(50)10-11-38(43(42)51)55-70(62,63)56-14-13-32(49)28-56/h2-4,6-11,25-27,32,39,55H,1,5,12-24,28H2,(H,52,53)(H,54,59)/t32-,39?/m1/s1. The number of piperidine rings is 1. The third kappa shape index (κ3) is 11.3. The molecule has 3 N–H and O–H groups in total. The first kappa shape index (κ1) is 49.7. The first-order chi connectivity index (χ1) is 33.8. The van der Waals surface area contributed by atoms with Gasteiger partial charge in [0.2, 0.25) is 11.7 Å². The number of H-pyrrole nitrogens is 1. The van der Waals surface area contributed by atoms with Crippen LogP contribution in [0.1, 0.15) is 55.9 Å². The second kappa shape index (κ2) is 22.4. The predicted octanol–water partition coefficient (Wildman–Crippen LogP) is 5.35. The number of anilines is 1. The lowest BCUT2D eigenvalue weighted by Crippen LogP contribution is -2.51. The molecule has 0 aliphatic carbocycles. The van der Waals surface area contributed by atoms with Crippen LogP contribution < -0.4 is 19.5 Å². The van der Waals surface area contributed by atoms with Crippen molar-refractivity contribution in [2.45, 2.75) is 31.5 Å². The SMILES string of the molecule is C=C1CCC(N2C(=O)c3cccc(OCCOCCOCCOCCOCCOc4ccc(-c5cnc6[nH]cc(C(=O)c7c(F)ccc(NS(=O)(=O)N8CC[C@@H](F)C8)c7F)c6c5)cc4)c3C2=O)C(=O)N1. The number of amides is 3. The average Bonchev–Trinajstić information content (AvgIpc) is 4.05. The fourth-order valence-electron chi connectivity index (χ4n) is 8.05. The van der Waals surface area contributed by atoms with Gasteiger partial charge in [-0.25, -0.2) is 18.2 Å². The van der Waals surface area contributed by atoms with E-state index < -0.39 is 75.4 Å². The maximum atomic E-state index is 15.7. The van der Waals surface area contributed by atoms with Crippen LogP contribution in [0.15, 0.2) is 85.3 Å². The summed E-state index contributed by atoms with van der Waals surface area (Å²) < 4.78 is 107. The smallest absolute Gasteiger partial charge is 0.301 e. The molecule has 3 aliphatic heterocycles. The van der Waals surface area contributed by atoms with E-state index in [0.29, 0.717) is 81.7 Å². The average molecular weight is 991 g/mol. The number of carbonyl (C=O) groups excluding carboxylic acids is 4. The number of aromatic amines is 1. The maximum Gasteiger partial charge on any atom is 0.301 e. The van der Waals surface area contributed by atoms with Crippen LogP contribution in [-0.2, 0) is 34.0 Å². The highest BCUT2D eigenvalue weighted by molar-refractivity contribution is 7.90. The lowest BCUT2D eigenvalue weighted by molar-refractivity contribution is -0.125. The van der Waals surface area contributed by atoms with E-state index in [1.807, 2.05) is 4.72 Å². The number of halogens is 3. The molecule has 8 rings (SSSR count). The predicted molar refractivity (Wildman–Crippen MR) is 246 cm³/mol. The molecule has 3 amide bonds. The summed E-state index contributed by atoms with van der Waals surface area (Å²) in [5.41, 5.74) is 0.745. The third-order valence-electron chi connectivity index (χ3n) is 11.6. The van der Waals surface area contributed by atoms with Crippen molar-refractivity contribution in [2.24, 2.45) is 0 Å². The van der Waals surface area contributed by atoms with Gasteiger partial charge in [0.05, 0.1) is 75.2 Å². The lowest BCUT2D eigenvalue weighted by Gasteiger charge is -2.29. The van der Waals surface area contributed by atoms with Gasteiger partial charge in [-0.1, -0.05) is 24.8 Å². The molecule has 2 atom stereocenters. The van der Waals surface area contributed by atoms with E-state index in [1.54, 1.807) is 48.7 Å². The number of aromatic nitrogens is 2. The molecule has 18 nitrogen and oxygen atoms in total. The number of hydrogen-bond donors (Lipinski definition) is 3. The molecule has 3 aromatic carbocycles. The van der Waals surface area contributed by atoms with Crippen LogP contribution in [0.2, 0.25) is 0 Å². The number of ketones is 1. The van der Waals surface area contributed by atoms with Crippen molar-refractivity contribution in [3.8, 4) is 22.6 Å². The molecule has 0 bridgehead atoms. The monoisotopic (exact) mass is 990 g/mol. The summed E-state index contributed by atoms with van der Waals surface area (Å²) in [5.74, 6) is -4.38. The van der Waals surface area contributed by atoms with Gasteiger partial charge in [0.1, 0.15) is 48.4 Å².